The van der Waals surface area contributed by atoms with Gasteiger partial charge >= 0.3 is 0 Å². The number of hydrogen-bond donors (Lipinski definition) is 2. The van der Waals surface area contributed by atoms with E-state index < -0.39 is 10.0 Å². The summed E-state index contributed by atoms with van der Waals surface area (Å²) >= 11 is 0. The number of benzene rings is 2. The number of rotatable bonds is 4. The van der Waals surface area contributed by atoms with Crippen LogP contribution in [0.3, 0.4) is 0 Å². The molecule has 6 heteroatoms. The van der Waals surface area contributed by atoms with Crippen molar-refractivity contribution in [3.05, 3.63) is 54.1 Å². The van der Waals surface area contributed by atoms with Gasteiger partial charge in [0, 0.05) is 17.6 Å². The molecule has 3 rings (SSSR count). The second kappa shape index (κ2) is 6.28. The molecule has 3 N–H and O–H groups in total. The maximum atomic E-state index is 11.3. The van der Waals surface area contributed by atoms with Gasteiger partial charge in [0.15, 0.2) is 0 Å². The molecule has 2 aromatic carbocycles. The second-order valence-electron chi connectivity index (χ2n) is 5.58. The molecule has 0 bridgehead atoms. The summed E-state index contributed by atoms with van der Waals surface area (Å²) in [7, 11) is -3.26. The van der Waals surface area contributed by atoms with E-state index in [1.807, 2.05) is 18.2 Å². The molecule has 4 nitrogen and oxygen atoms in total. The Balaban J connectivity index is 0.00000176. The Morgan fingerprint density at radius 2 is 1.73 bits per heavy atom. The molecule has 0 spiro atoms. The molecule has 0 amide bonds. The van der Waals surface area contributed by atoms with Crippen LogP contribution in [-0.4, -0.2) is 20.7 Å². The fraction of sp³-hybridized carbons (Fsp3) is 0.250. The third kappa shape index (κ3) is 4.00. The summed E-state index contributed by atoms with van der Waals surface area (Å²) in [6, 6.07) is 16.0. The zero-order valence-corrected chi connectivity index (χ0v) is 13.8. The van der Waals surface area contributed by atoms with Crippen molar-refractivity contribution in [3.8, 4) is 11.1 Å². The van der Waals surface area contributed by atoms with Crippen molar-refractivity contribution in [2.24, 2.45) is 5.73 Å². The van der Waals surface area contributed by atoms with E-state index in [-0.39, 0.29) is 12.4 Å². The average Bonchev–Trinajstić information content (AvgIpc) is 3.14. The van der Waals surface area contributed by atoms with Crippen LogP contribution in [0.15, 0.2) is 48.5 Å². The average molecular weight is 339 g/mol. The highest BCUT2D eigenvalue weighted by atomic mass is 35.5. The Hall–Kier alpha value is -1.56. The van der Waals surface area contributed by atoms with Crippen LogP contribution in [-0.2, 0) is 10.0 Å². The Labute approximate surface area is 137 Å². The van der Waals surface area contributed by atoms with Crippen LogP contribution in [0.25, 0.3) is 11.1 Å². The van der Waals surface area contributed by atoms with E-state index in [9.17, 15) is 8.42 Å². The van der Waals surface area contributed by atoms with E-state index in [1.54, 1.807) is 6.07 Å². The van der Waals surface area contributed by atoms with Crippen LogP contribution in [0.2, 0.25) is 0 Å². The van der Waals surface area contributed by atoms with Crippen LogP contribution >= 0.6 is 12.4 Å². The number of nitrogens with one attached hydrogen (secondary N) is 1. The van der Waals surface area contributed by atoms with Crippen molar-refractivity contribution in [1.29, 1.82) is 0 Å². The first-order valence-corrected chi connectivity index (χ1v) is 8.75. The van der Waals surface area contributed by atoms with E-state index >= 15 is 0 Å². The van der Waals surface area contributed by atoms with Gasteiger partial charge in [-0.05, 0) is 35.2 Å². The van der Waals surface area contributed by atoms with E-state index in [0.717, 1.165) is 23.8 Å². The van der Waals surface area contributed by atoms with Crippen molar-refractivity contribution in [3.63, 3.8) is 0 Å². The lowest BCUT2D eigenvalue weighted by atomic mass is 10.0. The van der Waals surface area contributed by atoms with Crippen LogP contribution in [0.4, 0.5) is 5.69 Å². The Kier molecular flexibility index (Phi) is 4.80. The van der Waals surface area contributed by atoms with Crippen LogP contribution in [0, 0.1) is 0 Å². The molecule has 22 heavy (non-hydrogen) atoms. The molecule has 0 heterocycles. The standard InChI is InChI=1S/C16H18N2O2S.ClH/c1-21(19,20)18-14-4-2-3-13(9-14)11-5-7-12(8-6-11)15-10-16(15)17;/h2-9,15-16,18H,10,17H2,1H3;1H/t15-,16+;/m0./s1. The normalized spacial score (nSPS) is 20.1. The lowest BCUT2D eigenvalue weighted by Gasteiger charge is -2.08. The quantitative estimate of drug-likeness (QED) is 0.900. The minimum Gasteiger partial charge on any atom is -0.327 e. The molecule has 1 saturated carbocycles. The lowest BCUT2D eigenvalue weighted by molar-refractivity contribution is 0.607. The molecule has 1 aliphatic carbocycles. The number of anilines is 1. The van der Waals surface area contributed by atoms with E-state index in [2.05, 4.69) is 29.0 Å². The van der Waals surface area contributed by atoms with E-state index in [0.29, 0.717) is 17.6 Å². The van der Waals surface area contributed by atoms with Gasteiger partial charge in [0.1, 0.15) is 0 Å². The first-order valence-electron chi connectivity index (χ1n) is 6.86. The van der Waals surface area contributed by atoms with Gasteiger partial charge in [-0.25, -0.2) is 8.42 Å². The number of halogens is 1. The lowest BCUT2D eigenvalue weighted by Crippen LogP contribution is -2.09. The molecule has 0 aliphatic heterocycles. The molecular formula is C16H19ClN2O2S. The van der Waals surface area contributed by atoms with Gasteiger partial charge in [0.25, 0.3) is 0 Å². The summed E-state index contributed by atoms with van der Waals surface area (Å²) in [4.78, 5) is 0. The van der Waals surface area contributed by atoms with Gasteiger partial charge in [-0.2, -0.15) is 0 Å². The highest BCUT2D eigenvalue weighted by Gasteiger charge is 2.34. The molecule has 0 saturated heterocycles. The first-order chi connectivity index (χ1) is 9.92. The zero-order valence-electron chi connectivity index (χ0n) is 12.2. The van der Waals surface area contributed by atoms with E-state index in [1.165, 1.54) is 5.56 Å². The summed E-state index contributed by atoms with van der Waals surface area (Å²) in [5, 5.41) is 0. The Morgan fingerprint density at radius 1 is 1.09 bits per heavy atom. The number of nitrogens with two attached hydrogens (primary N) is 1. The van der Waals surface area contributed by atoms with Gasteiger partial charge in [0.2, 0.25) is 10.0 Å². The molecule has 1 aliphatic rings. The third-order valence-electron chi connectivity index (χ3n) is 3.68. The van der Waals surface area contributed by atoms with Crippen molar-refractivity contribution in [1.82, 2.24) is 0 Å². The largest absolute Gasteiger partial charge is 0.327 e. The highest BCUT2D eigenvalue weighted by molar-refractivity contribution is 7.92. The number of sulfonamides is 1. The minimum atomic E-state index is -3.26. The third-order valence-corrected chi connectivity index (χ3v) is 4.28. The SMILES string of the molecule is CS(=O)(=O)Nc1cccc(-c2ccc([C@@H]3C[C@H]3N)cc2)c1.Cl. The van der Waals surface area contributed by atoms with Crippen molar-refractivity contribution >= 4 is 28.1 Å². The number of hydrogen-bond acceptors (Lipinski definition) is 3. The molecular weight excluding hydrogens is 320 g/mol. The predicted molar refractivity (Wildman–Crippen MR) is 92.9 cm³/mol. The second-order valence-corrected chi connectivity index (χ2v) is 7.33. The fourth-order valence-corrected chi connectivity index (χ4v) is 3.05. The van der Waals surface area contributed by atoms with Crippen LogP contribution in [0.1, 0.15) is 17.9 Å². The molecule has 0 radical (unpaired) electrons. The summed E-state index contributed by atoms with van der Waals surface area (Å²) < 4.78 is 25.1. The van der Waals surface area contributed by atoms with E-state index in [4.69, 9.17) is 5.73 Å². The smallest absolute Gasteiger partial charge is 0.229 e. The highest BCUT2D eigenvalue weighted by Crippen LogP contribution is 2.39. The minimum absolute atomic E-state index is 0. The summed E-state index contributed by atoms with van der Waals surface area (Å²) in [5.74, 6) is 0.497. The van der Waals surface area contributed by atoms with Gasteiger partial charge < -0.3 is 5.73 Å². The molecule has 1 fully saturated rings. The van der Waals surface area contributed by atoms with Gasteiger partial charge in [-0.1, -0.05) is 36.4 Å². The molecule has 2 aromatic rings. The monoisotopic (exact) mass is 338 g/mol. The first kappa shape index (κ1) is 16.8. The molecule has 0 unspecified atom stereocenters. The molecule has 118 valence electrons. The summed E-state index contributed by atoms with van der Waals surface area (Å²) in [5.41, 5.74) is 9.75. The van der Waals surface area contributed by atoms with Crippen molar-refractivity contribution < 1.29 is 8.42 Å². The topological polar surface area (TPSA) is 72.2 Å². The maximum Gasteiger partial charge on any atom is 0.229 e. The van der Waals surface area contributed by atoms with Crippen LogP contribution < -0.4 is 10.5 Å². The van der Waals surface area contributed by atoms with Gasteiger partial charge in [-0.15, -0.1) is 12.4 Å². The Morgan fingerprint density at radius 3 is 2.27 bits per heavy atom. The van der Waals surface area contributed by atoms with Crippen LogP contribution in [0.5, 0.6) is 0 Å². The van der Waals surface area contributed by atoms with Gasteiger partial charge in [-0.3, -0.25) is 4.72 Å². The maximum absolute atomic E-state index is 11.3. The summed E-state index contributed by atoms with van der Waals surface area (Å²) in [6.07, 6.45) is 2.21. The van der Waals surface area contributed by atoms with Gasteiger partial charge in [0.05, 0.1) is 6.26 Å². The predicted octanol–water partition coefficient (Wildman–Crippen LogP) is 2.96. The van der Waals surface area contributed by atoms with Crippen molar-refractivity contribution in [2.45, 2.75) is 18.4 Å². The Bertz CT molecular complexity index is 760. The molecule has 2 atom stereocenters. The summed E-state index contributed by atoms with van der Waals surface area (Å²) in [6.45, 7) is 0. The molecule has 0 aromatic heterocycles. The fourth-order valence-electron chi connectivity index (χ4n) is 2.50. The zero-order chi connectivity index (χ0) is 15.0. The van der Waals surface area contributed by atoms with Crippen molar-refractivity contribution in [2.75, 3.05) is 11.0 Å².